The van der Waals surface area contributed by atoms with Crippen molar-refractivity contribution in [2.45, 2.75) is 32.2 Å². The molecule has 0 bridgehead atoms. The first kappa shape index (κ1) is 16.4. The molecular weight excluding hydrogens is 309 g/mol. The summed E-state index contributed by atoms with van der Waals surface area (Å²) in [6.45, 7) is 2.19. The summed E-state index contributed by atoms with van der Waals surface area (Å²) in [5.41, 5.74) is 1.07. The van der Waals surface area contributed by atoms with Crippen LogP contribution in [0.3, 0.4) is 0 Å². The highest BCUT2D eigenvalue weighted by Gasteiger charge is 2.32. The molecular formula is C18H20FN3O2. The van der Waals surface area contributed by atoms with Crippen molar-refractivity contribution in [3.8, 4) is 0 Å². The molecule has 0 unspecified atom stereocenters. The minimum atomic E-state index is -0.480. The fraction of sp³-hybridized carbons (Fsp3) is 0.389. The van der Waals surface area contributed by atoms with E-state index in [4.69, 9.17) is 0 Å². The van der Waals surface area contributed by atoms with E-state index in [0.717, 1.165) is 12.8 Å². The Morgan fingerprint density at radius 2 is 2.17 bits per heavy atom. The number of nitrogens with zero attached hydrogens (tertiary/aromatic N) is 3. The number of carbonyl (C=O) groups is 2. The fourth-order valence-corrected chi connectivity index (χ4v) is 3.18. The number of amides is 1. The molecule has 1 aliphatic rings. The van der Waals surface area contributed by atoms with Crippen molar-refractivity contribution in [2.75, 3.05) is 6.54 Å². The summed E-state index contributed by atoms with van der Waals surface area (Å²) in [6.07, 6.45) is 5.02. The van der Waals surface area contributed by atoms with Crippen LogP contribution in [0.25, 0.3) is 0 Å². The van der Waals surface area contributed by atoms with Crippen molar-refractivity contribution < 1.29 is 14.0 Å². The summed E-state index contributed by atoms with van der Waals surface area (Å²) in [5.74, 6) is -0.859. The molecule has 1 atom stereocenters. The van der Waals surface area contributed by atoms with Gasteiger partial charge in [-0.3, -0.25) is 14.3 Å². The van der Waals surface area contributed by atoms with Crippen molar-refractivity contribution in [3.63, 3.8) is 0 Å². The predicted molar refractivity (Wildman–Crippen MR) is 87.4 cm³/mol. The third kappa shape index (κ3) is 3.09. The van der Waals surface area contributed by atoms with Gasteiger partial charge >= 0.3 is 0 Å². The number of Topliss-reactive ketones (excluding diaryl/α,β-unsaturated/α-hetero) is 1. The van der Waals surface area contributed by atoms with Gasteiger partial charge in [-0.05, 0) is 31.4 Å². The van der Waals surface area contributed by atoms with Crippen LogP contribution in [0.4, 0.5) is 4.39 Å². The molecule has 0 saturated carbocycles. The average molecular weight is 329 g/mol. The molecule has 1 aliphatic heterocycles. The lowest BCUT2D eigenvalue weighted by Gasteiger charge is -2.24. The number of hydrogen-bond donors (Lipinski definition) is 0. The summed E-state index contributed by atoms with van der Waals surface area (Å²) in [6, 6.07) is 4.63. The fourth-order valence-electron chi connectivity index (χ4n) is 3.18. The lowest BCUT2D eigenvalue weighted by Crippen LogP contribution is -2.37. The first-order chi connectivity index (χ1) is 11.5. The minimum Gasteiger partial charge on any atom is -0.335 e. The second-order valence-electron chi connectivity index (χ2n) is 6.26. The molecule has 6 heteroatoms. The Morgan fingerprint density at radius 1 is 1.38 bits per heavy atom. The molecule has 3 rings (SSSR count). The van der Waals surface area contributed by atoms with Crippen LogP contribution in [0.5, 0.6) is 0 Å². The molecule has 0 spiro atoms. The van der Waals surface area contributed by atoms with E-state index in [1.54, 1.807) is 41.9 Å². The van der Waals surface area contributed by atoms with Crippen LogP contribution >= 0.6 is 0 Å². The van der Waals surface area contributed by atoms with Crippen LogP contribution in [0, 0.1) is 12.7 Å². The molecule has 1 aromatic heterocycles. The minimum absolute atomic E-state index is 0.0440. The zero-order valence-corrected chi connectivity index (χ0v) is 13.8. The van der Waals surface area contributed by atoms with Crippen molar-refractivity contribution in [1.82, 2.24) is 14.7 Å². The average Bonchev–Trinajstić information content (AvgIpc) is 3.18. The van der Waals surface area contributed by atoms with E-state index in [1.165, 1.54) is 12.3 Å². The highest BCUT2D eigenvalue weighted by Crippen LogP contribution is 2.25. The Balaban J connectivity index is 1.76. The number of hydrogen-bond acceptors (Lipinski definition) is 3. The highest BCUT2D eigenvalue weighted by molar-refractivity contribution is 5.98. The van der Waals surface area contributed by atoms with Crippen molar-refractivity contribution in [2.24, 2.45) is 7.05 Å². The van der Waals surface area contributed by atoms with Gasteiger partial charge in [-0.25, -0.2) is 4.39 Å². The van der Waals surface area contributed by atoms with Crippen molar-refractivity contribution in [1.29, 1.82) is 0 Å². The number of halogens is 1. The van der Waals surface area contributed by atoms with Gasteiger partial charge in [0.1, 0.15) is 5.82 Å². The van der Waals surface area contributed by atoms with Crippen molar-refractivity contribution in [3.05, 3.63) is 53.1 Å². The van der Waals surface area contributed by atoms with Crippen LogP contribution in [0.2, 0.25) is 0 Å². The molecule has 2 aromatic rings. The maximum atomic E-state index is 14.2. The number of aromatic nitrogens is 2. The lowest BCUT2D eigenvalue weighted by atomic mass is 10.0. The first-order valence-corrected chi connectivity index (χ1v) is 8.05. The highest BCUT2D eigenvalue weighted by atomic mass is 19.1. The Morgan fingerprint density at radius 3 is 2.88 bits per heavy atom. The van der Waals surface area contributed by atoms with E-state index in [1.807, 2.05) is 0 Å². The number of likely N-dealkylation sites (tertiary alicyclic amines) is 1. The Bertz CT molecular complexity index is 784. The lowest BCUT2D eigenvalue weighted by molar-refractivity contribution is 0.0712. The standard InChI is InChI=1S/C18H20FN3O2/c1-12-5-3-7-15(17(12)19)18(24)22-8-4-6-14(22)9-16(23)13-10-20-21(2)11-13/h3,5,7,10-11,14H,4,6,8-9H2,1-2H3/t14-/m0/s1. The smallest absolute Gasteiger partial charge is 0.257 e. The van der Waals surface area contributed by atoms with E-state index < -0.39 is 5.82 Å². The van der Waals surface area contributed by atoms with Crippen LogP contribution in [0.15, 0.2) is 30.6 Å². The topological polar surface area (TPSA) is 55.2 Å². The van der Waals surface area contributed by atoms with Gasteiger partial charge in [0.15, 0.2) is 5.78 Å². The van der Waals surface area contributed by atoms with Gasteiger partial charge in [-0.2, -0.15) is 5.10 Å². The van der Waals surface area contributed by atoms with Crippen LogP contribution in [-0.4, -0.2) is 39.0 Å². The molecule has 0 N–H and O–H groups in total. The van der Waals surface area contributed by atoms with Gasteiger partial charge in [0.05, 0.1) is 17.3 Å². The zero-order valence-electron chi connectivity index (χ0n) is 13.8. The second-order valence-corrected chi connectivity index (χ2v) is 6.26. The van der Waals surface area contributed by atoms with Gasteiger partial charge in [0.2, 0.25) is 0 Å². The quantitative estimate of drug-likeness (QED) is 0.811. The van der Waals surface area contributed by atoms with Gasteiger partial charge in [-0.15, -0.1) is 0 Å². The van der Waals surface area contributed by atoms with Gasteiger partial charge in [0.25, 0.3) is 5.91 Å². The maximum Gasteiger partial charge on any atom is 0.257 e. The predicted octanol–water partition coefficient (Wildman–Crippen LogP) is 2.75. The third-order valence-corrected chi connectivity index (χ3v) is 4.51. The molecule has 0 aliphatic carbocycles. The second kappa shape index (κ2) is 6.55. The summed E-state index contributed by atoms with van der Waals surface area (Å²) in [4.78, 5) is 26.7. The number of benzene rings is 1. The van der Waals surface area contributed by atoms with Crippen molar-refractivity contribution >= 4 is 11.7 Å². The molecule has 126 valence electrons. The summed E-state index contributed by atoms with van der Waals surface area (Å²) in [7, 11) is 1.75. The van der Waals surface area contributed by atoms with Crippen LogP contribution in [-0.2, 0) is 7.05 Å². The van der Waals surface area contributed by atoms with Crippen LogP contribution < -0.4 is 0 Å². The van der Waals surface area contributed by atoms with E-state index >= 15 is 0 Å². The number of ketones is 1. The van der Waals surface area contributed by atoms with Crippen LogP contribution in [0.1, 0.15) is 45.5 Å². The largest absolute Gasteiger partial charge is 0.335 e. The van der Waals surface area contributed by atoms with Gasteiger partial charge in [-0.1, -0.05) is 12.1 Å². The molecule has 1 amide bonds. The normalized spacial score (nSPS) is 17.3. The van der Waals surface area contributed by atoms with E-state index in [0.29, 0.717) is 17.7 Å². The van der Waals surface area contributed by atoms with E-state index in [9.17, 15) is 14.0 Å². The number of aryl methyl sites for hydroxylation is 2. The molecule has 1 fully saturated rings. The summed E-state index contributed by atoms with van der Waals surface area (Å²) in [5, 5.41) is 4.00. The Hall–Kier alpha value is -2.50. The zero-order chi connectivity index (χ0) is 17.3. The first-order valence-electron chi connectivity index (χ1n) is 8.05. The molecule has 1 aromatic carbocycles. The monoisotopic (exact) mass is 329 g/mol. The molecule has 1 saturated heterocycles. The third-order valence-electron chi connectivity index (χ3n) is 4.51. The molecule has 24 heavy (non-hydrogen) atoms. The van der Waals surface area contributed by atoms with Gasteiger partial charge in [0, 0.05) is 32.3 Å². The Kier molecular flexibility index (Phi) is 4.46. The summed E-state index contributed by atoms with van der Waals surface area (Å²) >= 11 is 0. The van der Waals surface area contributed by atoms with Gasteiger partial charge < -0.3 is 4.90 Å². The SMILES string of the molecule is Cc1cccc(C(=O)N2CCC[C@H]2CC(=O)c2cnn(C)c2)c1F. The van der Waals surface area contributed by atoms with E-state index in [2.05, 4.69) is 5.10 Å². The molecule has 2 heterocycles. The maximum absolute atomic E-state index is 14.2. The molecule has 0 radical (unpaired) electrons. The summed E-state index contributed by atoms with van der Waals surface area (Å²) < 4.78 is 15.8. The number of carbonyl (C=O) groups excluding carboxylic acids is 2. The molecule has 5 nitrogen and oxygen atoms in total. The number of rotatable bonds is 4. The Labute approximate surface area is 140 Å². The van der Waals surface area contributed by atoms with E-state index in [-0.39, 0.29) is 29.7 Å².